The molecule has 0 radical (unpaired) electrons. The Morgan fingerprint density at radius 3 is 3.00 bits per heavy atom. The third-order valence-corrected chi connectivity index (χ3v) is 3.99. The third kappa shape index (κ3) is 3.42. The Labute approximate surface area is 103 Å². The zero-order valence-electron chi connectivity index (χ0n) is 10.5. The largest absolute Gasteiger partial charge is 0.396 e. The second kappa shape index (κ2) is 6.36. The molecule has 0 aliphatic carbocycles. The maximum absolute atomic E-state index is 12.3. The molecular weight excluding hydrogens is 216 g/mol. The fourth-order valence-corrected chi connectivity index (χ4v) is 2.91. The van der Waals surface area contributed by atoms with Crippen LogP contribution in [0.1, 0.15) is 38.5 Å². The molecule has 4 heteroatoms. The van der Waals surface area contributed by atoms with Crippen molar-refractivity contribution in [1.29, 1.82) is 0 Å². The number of carbonyl (C=O) groups is 1. The van der Waals surface area contributed by atoms with E-state index in [-0.39, 0.29) is 18.6 Å². The molecule has 0 aromatic carbocycles. The van der Waals surface area contributed by atoms with Crippen LogP contribution in [0, 0.1) is 5.92 Å². The van der Waals surface area contributed by atoms with E-state index in [0.29, 0.717) is 5.92 Å². The summed E-state index contributed by atoms with van der Waals surface area (Å²) < 4.78 is 0. The molecule has 17 heavy (non-hydrogen) atoms. The number of nitrogens with one attached hydrogen (secondary N) is 1. The summed E-state index contributed by atoms with van der Waals surface area (Å²) in [7, 11) is 0. The van der Waals surface area contributed by atoms with Gasteiger partial charge in [-0.1, -0.05) is 12.8 Å². The van der Waals surface area contributed by atoms with Crippen LogP contribution >= 0.6 is 0 Å². The standard InChI is InChI=1S/C13H24N2O2/c16-9-6-11-5-8-15(10-11)13(17)12-4-2-1-3-7-14-12/h11-12,14,16H,1-10H2. The summed E-state index contributed by atoms with van der Waals surface area (Å²) in [5.74, 6) is 0.794. The molecular formula is C13H24N2O2. The second-order valence-corrected chi connectivity index (χ2v) is 5.31. The maximum atomic E-state index is 12.3. The van der Waals surface area contributed by atoms with Crippen molar-refractivity contribution in [1.82, 2.24) is 10.2 Å². The van der Waals surface area contributed by atoms with Crippen LogP contribution in [0.5, 0.6) is 0 Å². The number of rotatable bonds is 3. The van der Waals surface area contributed by atoms with Gasteiger partial charge in [0.2, 0.25) is 5.91 Å². The van der Waals surface area contributed by atoms with Crippen LogP contribution in [0.4, 0.5) is 0 Å². The molecule has 2 aliphatic rings. The molecule has 98 valence electrons. The number of aliphatic hydroxyl groups excluding tert-OH is 1. The van der Waals surface area contributed by atoms with Gasteiger partial charge in [-0.25, -0.2) is 0 Å². The zero-order chi connectivity index (χ0) is 12.1. The van der Waals surface area contributed by atoms with Gasteiger partial charge in [-0.05, 0) is 38.1 Å². The van der Waals surface area contributed by atoms with Gasteiger partial charge in [0.25, 0.3) is 0 Å². The number of carbonyl (C=O) groups excluding carboxylic acids is 1. The summed E-state index contributed by atoms with van der Waals surface area (Å²) >= 11 is 0. The third-order valence-electron chi connectivity index (χ3n) is 3.99. The summed E-state index contributed by atoms with van der Waals surface area (Å²) in [5.41, 5.74) is 0. The fourth-order valence-electron chi connectivity index (χ4n) is 2.91. The molecule has 2 heterocycles. The maximum Gasteiger partial charge on any atom is 0.239 e. The predicted molar refractivity (Wildman–Crippen MR) is 66.6 cm³/mol. The minimum Gasteiger partial charge on any atom is -0.396 e. The SMILES string of the molecule is O=C(C1CCCCCN1)N1CCC(CCO)C1. The van der Waals surface area contributed by atoms with Crippen LogP contribution in [0.15, 0.2) is 0 Å². The van der Waals surface area contributed by atoms with Crippen molar-refractivity contribution in [2.45, 2.75) is 44.6 Å². The highest BCUT2D eigenvalue weighted by Crippen LogP contribution is 2.21. The van der Waals surface area contributed by atoms with E-state index in [1.54, 1.807) is 0 Å². The Bertz CT molecular complexity index is 250. The first kappa shape index (κ1) is 12.8. The average molecular weight is 240 g/mol. The summed E-state index contributed by atoms with van der Waals surface area (Å²) in [5, 5.41) is 12.3. The lowest BCUT2D eigenvalue weighted by Crippen LogP contribution is -2.45. The number of likely N-dealkylation sites (tertiary alicyclic amines) is 1. The Morgan fingerprint density at radius 1 is 1.29 bits per heavy atom. The molecule has 0 saturated carbocycles. The van der Waals surface area contributed by atoms with Gasteiger partial charge in [-0.15, -0.1) is 0 Å². The summed E-state index contributed by atoms with van der Waals surface area (Å²) in [6, 6.07) is 0.0466. The molecule has 2 fully saturated rings. The summed E-state index contributed by atoms with van der Waals surface area (Å²) in [4.78, 5) is 14.3. The fraction of sp³-hybridized carbons (Fsp3) is 0.923. The Morgan fingerprint density at radius 2 is 2.18 bits per heavy atom. The second-order valence-electron chi connectivity index (χ2n) is 5.31. The van der Waals surface area contributed by atoms with Crippen molar-refractivity contribution in [3.8, 4) is 0 Å². The molecule has 0 spiro atoms. The minimum atomic E-state index is 0.0466. The molecule has 2 saturated heterocycles. The quantitative estimate of drug-likeness (QED) is 0.765. The number of hydrogen-bond donors (Lipinski definition) is 2. The van der Waals surface area contributed by atoms with Crippen LogP contribution in [0.3, 0.4) is 0 Å². The van der Waals surface area contributed by atoms with E-state index in [1.165, 1.54) is 12.8 Å². The molecule has 0 bridgehead atoms. The van der Waals surface area contributed by atoms with E-state index in [9.17, 15) is 4.79 Å². The first-order chi connectivity index (χ1) is 8.31. The predicted octanol–water partition coefficient (Wildman–Crippen LogP) is 0.749. The monoisotopic (exact) mass is 240 g/mol. The molecule has 0 aromatic rings. The van der Waals surface area contributed by atoms with Crippen LogP contribution in [-0.2, 0) is 4.79 Å². The summed E-state index contributed by atoms with van der Waals surface area (Å²) in [6.07, 6.45) is 6.47. The van der Waals surface area contributed by atoms with Crippen molar-refractivity contribution >= 4 is 5.91 Å². The van der Waals surface area contributed by atoms with Crippen LogP contribution in [0.25, 0.3) is 0 Å². The number of aliphatic hydroxyl groups is 1. The van der Waals surface area contributed by atoms with Crippen molar-refractivity contribution in [2.75, 3.05) is 26.2 Å². The molecule has 2 unspecified atom stereocenters. The molecule has 2 N–H and O–H groups in total. The summed E-state index contributed by atoms with van der Waals surface area (Å²) in [6.45, 7) is 2.94. The molecule has 2 aliphatic heterocycles. The highest BCUT2D eigenvalue weighted by atomic mass is 16.3. The van der Waals surface area contributed by atoms with Crippen molar-refractivity contribution in [3.05, 3.63) is 0 Å². The van der Waals surface area contributed by atoms with Gasteiger partial charge < -0.3 is 15.3 Å². The Hall–Kier alpha value is -0.610. The highest BCUT2D eigenvalue weighted by Gasteiger charge is 2.30. The Kier molecular flexibility index (Phi) is 4.80. The van der Waals surface area contributed by atoms with Crippen LogP contribution in [0.2, 0.25) is 0 Å². The molecule has 2 atom stereocenters. The van der Waals surface area contributed by atoms with E-state index in [4.69, 9.17) is 5.11 Å². The first-order valence-corrected chi connectivity index (χ1v) is 6.94. The normalized spacial score (nSPS) is 30.3. The highest BCUT2D eigenvalue weighted by molar-refractivity contribution is 5.82. The number of nitrogens with zero attached hydrogens (tertiary/aromatic N) is 1. The van der Waals surface area contributed by atoms with E-state index < -0.39 is 0 Å². The van der Waals surface area contributed by atoms with Crippen molar-refractivity contribution < 1.29 is 9.90 Å². The Balaban J connectivity index is 1.83. The lowest BCUT2D eigenvalue weighted by atomic mass is 10.1. The molecule has 2 rings (SSSR count). The van der Waals surface area contributed by atoms with E-state index in [2.05, 4.69) is 5.32 Å². The number of hydrogen-bond acceptors (Lipinski definition) is 3. The van der Waals surface area contributed by atoms with E-state index >= 15 is 0 Å². The first-order valence-electron chi connectivity index (χ1n) is 6.94. The van der Waals surface area contributed by atoms with E-state index in [1.807, 2.05) is 4.90 Å². The zero-order valence-corrected chi connectivity index (χ0v) is 10.5. The molecule has 1 amide bonds. The van der Waals surface area contributed by atoms with E-state index in [0.717, 1.165) is 45.3 Å². The van der Waals surface area contributed by atoms with Gasteiger partial charge in [0, 0.05) is 19.7 Å². The number of amides is 1. The smallest absolute Gasteiger partial charge is 0.239 e. The van der Waals surface area contributed by atoms with Gasteiger partial charge in [-0.2, -0.15) is 0 Å². The van der Waals surface area contributed by atoms with Crippen molar-refractivity contribution in [3.63, 3.8) is 0 Å². The van der Waals surface area contributed by atoms with Gasteiger partial charge in [-0.3, -0.25) is 4.79 Å². The van der Waals surface area contributed by atoms with Crippen LogP contribution in [-0.4, -0.2) is 48.2 Å². The topological polar surface area (TPSA) is 52.6 Å². The van der Waals surface area contributed by atoms with Gasteiger partial charge in [0.1, 0.15) is 0 Å². The average Bonchev–Trinajstić information content (AvgIpc) is 2.64. The van der Waals surface area contributed by atoms with Gasteiger partial charge in [0.15, 0.2) is 0 Å². The lowest BCUT2D eigenvalue weighted by Gasteiger charge is -2.23. The molecule has 0 aromatic heterocycles. The van der Waals surface area contributed by atoms with Gasteiger partial charge >= 0.3 is 0 Å². The minimum absolute atomic E-state index is 0.0466. The lowest BCUT2D eigenvalue weighted by molar-refractivity contribution is -0.132. The van der Waals surface area contributed by atoms with Crippen molar-refractivity contribution in [2.24, 2.45) is 5.92 Å². The van der Waals surface area contributed by atoms with Gasteiger partial charge in [0.05, 0.1) is 6.04 Å². The van der Waals surface area contributed by atoms with Crippen LogP contribution < -0.4 is 5.32 Å². The molecule has 4 nitrogen and oxygen atoms in total.